The monoisotopic (exact) mass is 335 g/mol. The number of ether oxygens (including phenoxy) is 1. The van der Waals surface area contributed by atoms with Gasteiger partial charge in [-0.25, -0.2) is 0 Å². The highest BCUT2D eigenvalue weighted by molar-refractivity contribution is 7.90. The maximum Gasteiger partial charge on any atom is 0.137 e. The normalized spacial score (nSPS) is 21.0. The molecule has 4 heteroatoms. The zero-order chi connectivity index (χ0) is 16.9. The van der Waals surface area contributed by atoms with Gasteiger partial charge in [-0.3, -0.25) is 0 Å². The van der Waals surface area contributed by atoms with Gasteiger partial charge in [0.25, 0.3) is 0 Å². The topological polar surface area (TPSA) is 35.5 Å². The lowest BCUT2D eigenvalue weighted by Crippen LogP contribution is -2.52. The zero-order valence-corrected chi connectivity index (χ0v) is 15.5. The maximum absolute atomic E-state index is 13.2. The summed E-state index contributed by atoms with van der Waals surface area (Å²) in [5, 5.41) is 0. The molecule has 0 radical (unpaired) electrons. The Labute approximate surface area is 144 Å². The third kappa shape index (κ3) is 5.00. The van der Waals surface area contributed by atoms with Gasteiger partial charge >= 0.3 is 0 Å². The molecule has 1 unspecified atom stereocenters. The first-order valence-electron chi connectivity index (χ1n) is 8.46. The fourth-order valence-electron chi connectivity index (χ4n) is 2.90. The fraction of sp³-hybridized carbons (Fsp3) is 0.579. The molecule has 1 heterocycles. The van der Waals surface area contributed by atoms with Gasteiger partial charge in [-0.1, -0.05) is 37.3 Å². The Kier molecular flexibility index (Phi) is 6.57. The molecule has 1 aliphatic heterocycles. The van der Waals surface area contributed by atoms with Crippen LogP contribution in [0.5, 0.6) is 0 Å². The Morgan fingerprint density at radius 2 is 2.00 bits per heavy atom. The van der Waals surface area contributed by atoms with Gasteiger partial charge < -0.3 is 9.29 Å². The Balaban J connectivity index is 2.25. The van der Waals surface area contributed by atoms with E-state index in [4.69, 9.17) is 4.74 Å². The minimum atomic E-state index is -1.08. The lowest BCUT2D eigenvalue weighted by atomic mass is 10.0. The van der Waals surface area contributed by atoms with Gasteiger partial charge in [0.15, 0.2) is 0 Å². The summed E-state index contributed by atoms with van der Waals surface area (Å²) in [7, 11) is 0. The molecule has 128 valence electrons. The fourth-order valence-corrected chi connectivity index (χ4v) is 4.40. The van der Waals surface area contributed by atoms with Crippen molar-refractivity contribution in [3.8, 4) is 0 Å². The minimum Gasteiger partial charge on any atom is -0.597 e. The van der Waals surface area contributed by atoms with Crippen molar-refractivity contribution in [1.82, 2.24) is 4.31 Å². The van der Waals surface area contributed by atoms with Crippen molar-refractivity contribution in [3.63, 3.8) is 0 Å². The van der Waals surface area contributed by atoms with Crippen molar-refractivity contribution in [2.45, 2.75) is 70.4 Å². The molecule has 1 aliphatic rings. The summed E-state index contributed by atoms with van der Waals surface area (Å²) in [5.74, 6) is 0. The highest BCUT2D eigenvalue weighted by atomic mass is 32.2. The highest BCUT2D eigenvalue weighted by Gasteiger charge is 2.40. The summed E-state index contributed by atoms with van der Waals surface area (Å²) < 4.78 is 20.9. The second-order valence-electron chi connectivity index (χ2n) is 7.02. The Morgan fingerprint density at radius 1 is 1.30 bits per heavy atom. The second-order valence-corrected chi connectivity index (χ2v) is 9.21. The van der Waals surface area contributed by atoms with Crippen LogP contribution in [0.15, 0.2) is 42.7 Å². The largest absolute Gasteiger partial charge is 0.597 e. The molecule has 0 bridgehead atoms. The van der Waals surface area contributed by atoms with E-state index in [0.29, 0.717) is 6.54 Å². The smallest absolute Gasteiger partial charge is 0.137 e. The van der Waals surface area contributed by atoms with E-state index >= 15 is 0 Å². The molecule has 0 saturated heterocycles. The molecular formula is C19H29NO2S. The Bertz CT molecular complexity index is 498. The van der Waals surface area contributed by atoms with E-state index in [1.165, 1.54) is 5.56 Å². The van der Waals surface area contributed by atoms with E-state index in [1.54, 1.807) is 6.26 Å². The first kappa shape index (κ1) is 18.4. The summed E-state index contributed by atoms with van der Waals surface area (Å²) in [6.07, 6.45) is 6.92. The summed E-state index contributed by atoms with van der Waals surface area (Å²) >= 11 is -1.08. The van der Waals surface area contributed by atoms with Crippen LogP contribution >= 0.6 is 0 Å². The summed E-state index contributed by atoms with van der Waals surface area (Å²) in [6.45, 7) is 8.96. The van der Waals surface area contributed by atoms with E-state index in [9.17, 15) is 4.55 Å². The average Bonchev–Trinajstić information content (AvgIpc) is 2.55. The molecule has 0 aliphatic carbocycles. The number of hydrogen-bond acceptors (Lipinski definition) is 3. The average molecular weight is 336 g/mol. The van der Waals surface area contributed by atoms with Crippen molar-refractivity contribution in [3.05, 3.63) is 48.2 Å². The molecular weight excluding hydrogens is 306 g/mol. The Morgan fingerprint density at radius 3 is 2.52 bits per heavy atom. The van der Waals surface area contributed by atoms with Gasteiger partial charge in [0.1, 0.15) is 10.9 Å². The van der Waals surface area contributed by atoms with Crippen molar-refractivity contribution in [1.29, 1.82) is 0 Å². The summed E-state index contributed by atoms with van der Waals surface area (Å²) in [6, 6.07) is 10.4. The van der Waals surface area contributed by atoms with Gasteiger partial charge in [0.2, 0.25) is 0 Å². The van der Waals surface area contributed by atoms with Crippen LogP contribution in [0.4, 0.5) is 0 Å². The van der Waals surface area contributed by atoms with E-state index in [1.807, 2.05) is 39.0 Å². The maximum atomic E-state index is 13.2. The molecule has 1 aromatic rings. The lowest BCUT2D eigenvalue weighted by Gasteiger charge is -2.40. The standard InChI is InChI=1S/C19H29NO2S/c1-5-17(18-13-9-10-14-22-18)20(23(21)19(2,3)4)15-16-11-7-6-8-12-16/h6-8,10-12,14,17-18H,5,9,13,15H2,1-4H3/t17-,18?,23-/m1/s1. The van der Waals surface area contributed by atoms with Crippen molar-refractivity contribution in [2.75, 3.05) is 0 Å². The second kappa shape index (κ2) is 8.22. The molecule has 0 aromatic heterocycles. The molecule has 1 aromatic carbocycles. The molecule has 0 saturated carbocycles. The van der Waals surface area contributed by atoms with Crippen molar-refractivity contribution < 1.29 is 9.29 Å². The van der Waals surface area contributed by atoms with Crippen LogP contribution in [0, 0.1) is 0 Å². The van der Waals surface area contributed by atoms with Gasteiger partial charge in [-0.15, -0.1) is 4.31 Å². The molecule has 23 heavy (non-hydrogen) atoms. The minimum absolute atomic E-state index is 0.111. The third-order valence-corrected chi connectivity index (χ3v) is 5.98. The molecule has 2 rings (SSSR count). The van der Waals surface area contributed by atoms with Gasteiger partial charge in [0.05, 0.1) is 18.8 Å². The summed E-state index contributed by atoms with van der Waals surface area (Å²) in [4.78, 5) is 0. The summed E-state index contributed by atoms with van der Waals surface area (Å²) in [5.41, 5.74) is 1.19. The van der Waals surface area contributed by atoms with Crippen LogP contribution in [0.3, 0.4) is 0 Å². The van der Waals surface area contributed by atoms with Crippen molar-refractivity contribution >= 4 is 11.4 Å². The van der Waals surface area contributed by atoms with Gasteiger partial charge in [-0.2, -0.15) is 0 Å². The van der Waals surface area contributed by atoms with Crippen LogP contribution in [0.1, 0.15) is 52.5 Å². The molecule has 0 spiro atoms. The molecule has 0 fully saturated rings. The predicted molar refractivity (Wildman–Crippen MR) is 97.2 cm³/mol. The van der Waals surface area contributed by atoms with Crippen LogP contribution in [-0.2, 0) is 22.6 Å². The molecule has 0 amide bonds. The van der Waals surface area contributed by atoms with E-state index < -0.39 is 11.4 Å². The van der Waals surface area contributed by atoms with Crippen LogP contribution in [0.25, 0.3) is 0 Å². The van der Waals surface area contributed by atoms with Gasteiger partial charge in [-0.05, 0) is 51.7 Å². The number of rotatable bonds is 6. The quantitative estimate of drug-likeness (QED) is 0.722. The molecule has 3 atom stereocenters. The van der Waals surface area contributed by atoms with Crippen LogP contribution in [-0.4, -0.2) is 25.8 Å². The molecule has 0 N–H and O–H groups in total. The Hall–Kier alpha value is -0.970. The number of benzene rings is 1. The van der Waals surface area contributed by atoms with Crippen LogP contribution in [0.2, 0.25) is 0 Å². The lowest BCUT2D eigenvalue weighted by molar-refractivity contribution is 0.0518. The highest BCUT2D eigenvalue weighted by Crippen LogP contribution is 2.30. The van der Waals surface area contributed by atoms with Crippen LogP contribution < -0.4 is 0 Å². The van der Waals surface area contributed by atoms with Gasteiger partial charge in [0, 0.05) is 11.4 Å². The first-order chi connectivity index (χ1) is 10.9. The first-order valence-corrected chi connectivity index (χ1v) is 9.57. The molecule has 3 nitrogen and oxygen atoms in total. The zero-order valence-electron chi connectivity index (χ0n) is 14.7. The van der Waals surface area contributed by atoms with E-state index in [0.717, 1.165) is 19.3 Å². The number of allylic oxidation sites excluding steroid dienone is 1. The van der Waals surface area contributed by atoms with Crippen molar-refractivity contribution in [2.24, 2.45) is 0 Å². The van der Waals surface area contributed by atoms with E-state index in [-0.39, 0.29) is 16.9 Å². The van der Waals surface area contributed by atoms with E-state index in [2.05, 4.69) is 29.4 Å². The predicted octanol–water partition coefficient (Wildman–Crippen LogP) is 4.42. The number of hydrogen-bond donors (Lipinski definition) is 0. The third-order valence-electron chi connectivity index (χ3n) is 4.10. The number of nitrogens with zero attached hydrogens (tertiary/aromatic N) is 1. The SMILES string of the molecule is CC[C@H](C1CCC=CO1)N(Cc1ccccc1)[S@+]([O-])C(C)(C)C.